The Labute approximate surface area is 132 Å². The molecule has 126 valence electrons. The van der Waals surface area contributed by atoms with Crippen LogP contribution in [0.1, 0.15) is 67.2 Å². The van der Waals surface area contributed by atoms with Gasteiger partial charge in [0, 0.05) is 30.3 Å². The SMILES string of the molecule is CCOCCCNC1CC(C)(CC)N(C)C(C)(CC)C1C. The molecule has 0 aromatic heterocycles. The van der Waals surface area contributed by atoms with Gasteiger partial charge in [0.1, 0.15) is 0 Å². The van der Waals surface area contributed by atoms with Crippen LogP contribution in [0.2, 0.25) is 0 Å². The second-order valence-corrected chi connectivity index (χ2v) is 7.22. The van der Waals surface area contributed by atoms with E-state index in [0.29, 0.717) is 17.5 Å². The van der Waals surface area contributed by atoms with Crippen molar-refractivity contribution in [1.82, 2.24) is 10.2 Å². The summed E-state index contributed by atoms with van der Waals surface area (Å²) in [6.45, 7) is 16.8. The highest BCUT2D eigenvalue weighted by molar-refractivity contribution is 5.07. The number of rotatable bonds is 8. The van der Waals surface area contributed by atoms with Crippen molar-refractivity contribution in [2.45, 2.75) is 84.3 Å². The van der Waals surface area contributed by atoms with Crippen molar-refractivity contribution in [2.75, 3.05) is 26.8 Å². The van der Waals surface area contributed by atoms with Crippen LogP contribution in [0.15, 0.2) is 0 Å². The molecule has 1 saturated heterocycles. The number of likely N-dealkylation sites (tertiary alicyclic amines) is 1. The van der Waals surface area contributed by atoms with Crippen molar-refractivity contribution in [3.05, 3.63) is 0 Å². The summed E-state index contributed by atoms with van der Waals surface area (Å²) < 4.78 is 5.44. The fourth-order valence-electron chi connectivity index (χ4n) is 3.94. The Balaban J connectivity index is 2.71. The van der Waals surface area contributed by atoms with Gasteiger partial charge in [0.05, 0.1) is 0 Å². The maximum atomic E-state index is 5.44. The van der Waals surface area contributed by atoms with Crippen molar-refractivity contribution in [3.63, 3.8) is 0 Å². The van der Waals surface area contributed by atoms with E-state index in [-0.39, 0.29) is 5.54 Å². The third-order valence-corrected chi connectivity index (χ3v) is 6.37. The summed E-state index contributed by atoms with van der Waals surface area (Å²) in [6, 6.07) is 0.609. The molecule has 3 heteroatoms. The molecule has 0 saturated carbocycles. The van der Waals surface area contributed by atoms with E-state index >= 15 is 0 Å². The quantitative estimate of drug-likeness (QED) is 0.692. The lowest BCUT2D eigenvalue weighted by molar-refractivity contribution is -0.0791. The van der Waals surface area contributed by atoms with Gasteiger partial charge < -0.3 is 10.1 Å². The number of hydrogen-bond donors (Lipinski definition) is 1. The van der Waals surface area contributed by atoms with Crippen LogP contribution >= 0.6 is 0 Å². The lowest BCUT2D eigenvalue weighted by atomic mass is 9.67. The maximum Gasteiger partial charge on any atom is 0.0477 e. The number of ether oxygens (including phenoxy) is 1. The van der Waals surface area contributed by atoms with Gasteiger partial charge in [-0.25, -0.2) is 0 Å². The van der Waals surface area contributed by atoms with Gasteiger partial charge in [-0.15, -0.1) is 0 Å². The molecule has 4 unspecified atom stereocenters. The molecule has 0 aromatic rings. The molecule has 1 rings (SSSR count). The summed E-state index contributed by atoms with van der Waals surface area (Å²) in [5.41, 5.74) is 0.579. The minimum Gasteiger partial charge on any atom is -0.382 e. The first kappa shape index (κ1) is 18.9. The number of nitrogens with zero attached hydrogens (tertiary/aromatic N) is 1. The standard InChI is InChI=1S/C18H38N2O/c1-8-17(5)14-16(19-12-11-13-21-10-3)15(4)18(6,9-2)20(17)7/h15-16,19H,8-14H2,1-7H3. The van der Waals surface area contributed by atoms with Crippen LogP contribution in [0, 0.1) is 5.92 Å². The Kier molecular flexibility index (Phi) is 7.15. The molecule has 0 amide bonds. The molecular formula is C18H38N2O. The Bertz CT molecular complexity index is 310. The lowest BCUT2D eigenvalue weighted by Gasteiger charge is -2.59. The van der Waals surface area contributed by atoms with Crippen LogP contribution in [0.5, 0.6) is 0 Å². The molecule has 3 nitrogen and oxygen atoms in total. The predicted molar refractivity (Wildman–Crippen MR) is 91.8 cm³/mol. The number of piperidine rings is 1. The van der Waals surface area contributed by atoms with E-state index in [2.05, 4.69) is 58.8 Å². The molecule has 21 heavy (non-hydrogen) atoms. The fourth-order valence-corrected chi connectivity index (χ4v) is 3.94. The van der Waals surface area contributed by atoms with Crippen LogP contribution in [0.25, 0.3) is 0 Å². The second kappa shape index (κ2) is 7.94. The highest BCUT2D eigenvalue weighted by Gasteiger charge is 2.50. The predicted octanol–water partition coefficient (Wildman–Crippen LogP) is 3.68. The Morgan fingerprint density at radius 1 is 1.19 bits per heavy atom. The summed E-state index contributed by atoms with van der Waals surface area (Å²) >= 11 is 0. The molecule has 1 heterocycles. The molecule has 0 bridgehead atoms. The van der Waals surface area contributed by atoms with Crippen LogP contribution in [-0.4, -0.2) is 48.8 Å². The summed E-state index contributed by atoms with van der Waals surface area (Å²) in [5, 5.41) is 3.82. The molecular weight excluding hydrogens is 260 g/mol. The van der Waals surface area contributed by atoms with E-state index < -0.39 is 0 Å². The van der Waals surface area contributed by atoms with Gasteiger partial charge in [-0.1, -0.05) is 20.8 Å². The average Bonchev–Trinajstić information content (AvgIpc) is 2.50. The van der Waals surface area contributed by atoms with Crippen LogP contribution in [-0.2, 0) is 4.74 Å². The van der Waals surface area contributed by atoms with Crippen molar-refractivity contribution < 1.29 is 4.74 Å². The van der Waals surface area contributed by atoms with E-state index in [1.165, 1.54) is 19.3 Å². The first-order valence-electron chi connectivity index (χ1n) is 8.90. The highest BCUT2D eigenvalue weighted by atomic mass is 16.5. The largest absolute Gasteiger partial charge is 0.382 e. The van der Waals surface area contributed by atoms with Crippen LogP contribution in [0.4, 0.5) is 0 Å². The van der Waals surface area contributed by atoms with Gasteiger partial charge >= 0.3 is 0 Å². The van der Waals surface area contributed by atoms with Gasteiger partial charge in [-0.3, -0.25) is 4.90 Å². The lowest BCUT2D eigenvalue weighted by Crippen LogP contribution is -2.68. The second-order valence-electron chi connectivity index (χ2n) is 7.22. The minimum absolute atomic E-state index is 0.278. The third-order valence-electron chi connectivity index (χ3n) is 6.37. The van der Waals surface area contributed by atoms with E-state index in [4.69, 9.17) is 4.74 Å². The van der Waals surface area contributed by atoms with Gasteiger partial charge in [0.15, 0.2) is 0 Å². The van der Waals surface area contributed by atoms with Crippen molar-refractivity contribution in [1.29, 1.82) is 0 Å². The van der Waals surface area contributed by atoms with E-state index in [1.807, 2.05) is 0 Å². The van der Waals surface area contributed by atoms with Gasteiger partial charge in [0.25, 0.3) is 0 Å². The highest BCUT2D eigenvalue weighted by Crippen LogP contribution is 2.44. The maximum absolute atomic E-state index is 5.44. The molecule has 1 aliphatic rings. The molecule has 4 atom stereocenters. The van der Waals surface area contributed by atoms with E-state index in [0.717, 1.165) is 26.2 Å². The molecule has 0 aliphatic carbocycles. The number of hydrogen-bond acceptors (Lipinski definition) is 3. The number of nitrogens with one attached hydrogen (secondary N) is 1. The van der Waals surface area contributed by atoms with Crippen molar-refractivity contribution >= 4 is 0 Å². The molecule has 1 N–H and O–H groups in total. The van der Waals surface area contributed by atoms with Gasteiger partial charge in [-0.05, 0) is 66.0 Å². The summed E-state index contributed by atoms with van der Waals surface area (Å²) in [4.78, 5) is 2.66. The molecule has 0 radical (unpaired) electrons. The van der Waals surface area contributed by atoms with E-state index in [9.17, 15) is 0 Å². The van der Waals surface area contributed by atoms with Crippen molar-refractivity contribution in [2.24, 2.45) is 5.92 Å². The summed E-state index contributed by atoms with van der Waals surface area (Å²) in [6.07, 6.45) is 4.77. The zero-order valence-corrected chi connectivity index (χ0v) is 15.5. The Morgan fingerprint density at radius 3 is 2.38 bits per heavy atom. The van der Waals surface area contributed by atoms with Crippen LogP contribution in [0.3, 0.4) is 0 Å². The zero-order valence-electron chi connectivity index (χ0n) is 15.5. The molecule has 1 aliphatic heterocycles. The van der Waals surface area contributed by atoms with Gasteiger partial charge in [-0.2, -0.15) is 0 Å². The topological polar surface area (TPSA) is 24.5 Å². The first-order chi connectivity index (χ1) is 9.85. The monoisotopic (exact) mass is 298 g/mol. The van der Waals surface area contributed by atoms with Gasteiger partial charge in [0.2, 0.25) is 0 Å². The minimum atomic E-state index is 0.278. The Hall–Kier alpha value is -0.120. The zero-order chi connectivity index (χ0) is 16.1. The van der Waals surface area contributed by atoms with E-state index in [1.54, 1.807) is 0 Å². The Morgan fingerprint density at radius 2 is 1.86 bits per heavy atom. The summed E-state index contributed by atoms with van der Waals surface area (Å²) in [5.74, 6) is 0.666. The molecule has 1 fully saturated rings. The average molecular weight is 299 g/mol. The van der Waals surface area contributed by atoms with Crippen LogP contribution < -0.4 is 5.32 Å². The fraction of sp³-hybridized carbons (Fsp3) is 1.00. The molecule has 0 aromatic carbocycles. The normalized spacial score (nSPS) is 37.9. The third kappa shape index (κ3) is 4.00. The van der Waals surface area contributed by atoms with Crippen molar-refractivity contribution in [3.8, 4) is 0 Å². The summed E-state index contributed by atoms with van der Waals surface area (Å²) in [7, 11) is 2.33. The smallest absolute Gasteiger partial charge is 0.0477 e. The first-order valence-corrected chi connectivity index (χ1v) is 8.90. The molecule has 0 spiro atoms.